The van der Waals surface area contributed by atoms with Crippen molar-refractivity contribution in [2.24, 2.45) is 15.9 Å². The van der Waals surface area contributed by atoms with Gasteiger partial charge in [0.15, 0.2) is 0 Å². The topological polar surface area (TPSA) is 43.2 Å². The molecule has 4 nitrogen and oxygen atoms in total. The van der Waals surface area contributed by atoms with E-state index in [2.05, 4.69) is 45.0 Å². The van der Waals surface area contributed by atoms with E-state index in [4.69, 9.17) is 31.1 Å². The summed E-state index contributed by atoms with van der Waals surface area (Å²) < 4.78 is 10.8. The zero-order chi connectivity index (χ0) is 22.4. The fourth-order valence-electron chi connectivity index (χ4n) is 3.72. The Morgan fingerprint density at radius 2 is 1.68 bits per heavy atom. The third kappa shape index (κ3) is 6.05. The number of benzene rings is 2. The lowest BCUT2D eigenvalue weighted by molar-refractivity contribution is 0.185. The SMILES string of the molecule is COCc1ccc(Cl)c(C2=C(/C)CC/C(c3ccc(CC(C)C)cc3)=N/C(OC)=N\2)c1. The summed E-state index contributed by atoms with van der Waals surface area (Å²) in [7, 11) is 3.28. The normalized spacial score (nSPS) is 20.5. The van der Waals surface area contributed by atoms with E-state index < -0.39 is 0 Å². The van der Waals surface area contributed by atoms with Crippen molar-refractivity contribution in [3.05, 3.63) is 75.3 Å². The van der Waals surface area contributed by atoms with Crippen molar-refractivity contribution in [1.82, 2.24) is 0 Å². The maximum absolute atomic E-state index is 6.53. The van der Waals surface area contributed by atoms with Gasteiger partial charge < -0.3 is 9.47 Å². The lowest BCUT2D eigenvalue weighted by Gasteiger charge is -2.17. The van der Waals surface area contributed by atoms with Gasteiger partial charge >= 0.3 is 6.02 Å². The molecular formula is C26H31ClN2O2. The van der Waals surface area contributed by atoms with Crippen molar-refractivity contribution in [2.75, 3.05) is 14.2 Å². The molecule has 0 spiro atoms. The molecule has 2 aromatic rings. The third-order valence-electron chi connectivity index (χ3n) is 5.29. The quantitative estimate of drug-likeness (QED) is 0.503. The summed E-state index contributed by atoms with van der Waals surface area (Å²) in [4.78, 5) is 9.52. The zero-order valence-corrected chi connectivity index (χ0v) is 19.8. The number of hydrogen-bond donors (Lipinski definition) is 0. The number of ether oxygens (including phenoxy) is 2. The van der Waals surface area contributed by atoms with Crippen LogP contribution in [0.4, 0.5) is 0 Å². The van der Waals surface area contributed by atoms with Crippen molar-refractivity contribution in [2.45, 2.75) is 46.6 Å². The molecule has 164 valence electrons. The molecule has 0 aromatic heterocycles. The molecule has 0 fully saturated rings. The Morgan fingerprint density at radius 1 is 0.968 bits per heavy atom. The number of nitrogens with zero attached hydrogens (tertiary/aromatic N) is 2. The molecule has 31 heavy (non-hydrogen) atoms. The molecule has 0 atom stereocenters. The molecule has 1 heterocycles. The molecule has 0 unspecified atom stereocenters. The lowest BCUT2D eigenvalue weighted by atomic mass is 9.96. The number of allylic oxidation sites excluding steroid dienone is 1. The Hall–Kier alpha value is -2.43. The number of rotatable bonds is 6. The Balaban J connectivity index is 1.97. The monoisotopic (exact) mass is 438 g/mol. The molecule has 1 aliphatic heterocycles. The minimum Gasteiger partial charge on any atom is -0.467 e. The molecule has 0 amide bonds. The van der Waals surface area contributed by atoms with Gasteiger partial charge in [0, 0.05) is 17.7 Å². The number of hydrogen-bond acceptors (Lipinski definition) is 4. The van der Waals surface area contributed by atoms with Gasteiger partial charge in [0.2, 0.25) is 0 Å². The van der Waals surface area contributed by atoms with Crippen molar-refractivity contribution in [3.63, 3.8) is 0 Å². The Morgan fingerprint density at radius 3 is 2.32 bits per heavy atom. The van der Waals surface area contributed by atoms with Crippen LogP contribution < -0.4 is 0 Å². The van der Waals surface area contributed by atoms with E-state index in [0.717, 1.165) is 52.9 Å². The van der Waals surface area contributed by atoms with Crippen LogP contribution in [0.1, 0.15) is 55.9 Å². The second-order valence-electron chi connectivity index (χ2n) is 8.33. The van der Waals surface area contributed by atoms with E-state index in [1.807, 2.05) is 18.2 Å². The molecule has 0 saturated heterocycles. The highest BCUT2D eigenvalue weighted by molar-refractivity contribution is 6.32. The fraction of sp³-hybridized carbons (Fsp3) is 0.385. The van der Waals surface area contributed by atoms with Crippen LogP contribution in [0.15, 0.2) is 58.0 Å². The zero-order valence-electron chi connectivity index (χ0n) is 19.0. The highest BCUT2D eigenvalue weighted by Crippen LogP contribution is 2.32. The van der Waals surface area contributed by atoms with Gasteiger partial charge in [-0.2, -0.15) is 9.98 Å². The van der Waals surface area contributed by atoms with Crippen LogP contribution in [0, 0.1) is 5.92 Å². The van der Waals surface area contributed by atoms with Gasteiger partial charge in [-0.05, 0) is 66.5 Å². The van der Waals surface area contributed by atoms with Crippen LogP contribution in [0.5, 0.6) is 0 Å². The van der Waals surface area contributed by atoms with E-state index >= 15 is 0 Å². The van der Waals surface area contributed by atoms with Crippen molar-refractivity contribution < 1.29 is 9.47 Å². The van der Waals surface area contributed by atoms with Crippen LogP contribution in [-0.4, -0.2) is 26.0 Å². The molecule has 5 heteroatoms. The van der Waals surface area contributed by atoms with Gasteiger partial charge in [0.25, 0.3) is 0 Å². The summed E-state index contributed by atoms with van der Waals surface area (Å²) >= 11 is 6.53. The first kappa shape index (κ1) is 23.2. The average molecular weight is 439 g/mol. The summed E-state index contributed by atoms with van der Waals surface area (Å²) in [6.07, 6.45) is 2.72. The van der Waals surface area contributed by atoms with Gasteiger partial charge in [0.1, 0.15) is 0 Å². The van der Waals surface area contributed by atoms with Gasteiger partial charge in [-0.3, -0.25) is 0 Å². The number of methoxy groups -OCH3 is 2. The van der Waals surface area contributed by atoms with Crippen LogP contribution in [0.2, 0.25) is 5.02 Å². The van der Waals surface area contributed by atoms with Crippen LogP contribution in [0.3, 0.4) is 0 Å². The molecular weight excluding hydrogens is 408 g/mol. The molecule has 3 rings (SSSR count). The molecule has 0 N–H and O–H groups in total. The minimum atomic E-state index is 0.337. The van der Waals surface area contributed by atoms with Crippen molar-refractivity contribution in [1.29, 1.82) is 0 Å². The van der Waals surface area contributed by atoms with Gasteiger partial charge in [-0.1, -0.05) is 55.8 Å². The van der Waals surface area contributed by atoms with E-state index in [0.29, 0.717) is 23.6 Å². The van der Waals surface area contributed by atoms with Gasteiger partial charge in [0.05, 0.1) is 25.1 Å². The largest absolute Gasteiger partial charge is 0.467 e. The van der Waals surface area contributed by atoms with Gasteiger partial charge in [-0.15, -0.1) is 0 Å². The molecule has 0 aliphatic carbocycles. The number of halogens is 1. The van der Waals surface area contributed by atoms with Crippen LogP contribution >= 0.6 is 11.6 Å². The maximum Gasteiger partial charge on any atom is 0.316 e. The van der Waals surface area contributed by atoms with Gasteiger partial charge in [-0.25, -0.2) is 0 Å². The summed E-state index contributed by atoms with van der Waals surface area (Å²) in [5.41, 5.74) is 7.31. The van der Waals surface area contributed by atoms with E-state index in [1.165, 1.54) is 5.56 Å². The first-order valence-corrected chi connectivity index (χ1v) is 11.1. The standard InChI is InChI=1S/C26H31ClN2O2/c1-17(2)14-19-7-10-21(11-8-19)24-13-6-18(3)25(29-26(28-24)31-5)22-15-20(16-30-4)9-12-23(22)27/h7-12,15,17H,6,13-14,16H2,1-5H3/b25-18+,28-24-,29-26+. The maximum atomic E-state index is 6.53. The van der Waals surface area contributed by atoms with E-state index in [9.17, 15) is 0 Å². The molecule has 0 radical (unpaired) electrons. The highest BCUT2D eigenvalue weighted by atomic mass is 35.5. The summed E-state index contributed by atoms with van der Waals surface area (Å²) in [5, 5.41) is 0.652. The molecule has 2 aromatic carbocycles. The third-order valence-corrected chi connectivity index (χ3v) is 5.62. The average Bonchev–Trinajstić information content (AvgIpc) is 2.74. The second-order valence-corrected chi connectivity index (χ2v) is 8.74. The van der Waals surface area contributed by atoms with Crippen LogP contribution in [0.25, 0.3) is 5.70 Å². The summed E-state index contributed by atoms with van der Waals surface area (Å²) in [6, 6.07) is 14.9. The van der Waals surface area contributed by atoms with Crippen molar-refractivity contribution in [3.8, 4) is 0 Å². The minimum absolute atomic E-state index is 0.337. The van der Waals surface area contributed by atoms with E-state index in [-0.39, 0.29) is 0 Å². The lowest BCUT2D eigenvalue weighted by Crippen LogP contribution is -2.11. The molecule has 0 bridgehead atoms. The fourth-order valence-corrected chi connectivity index (χ4v) is 3.92. The summed E-state index contributed by atoms with van der Waals surface area (Å²) in [6.45, 7) is 7.09. The summed E-state index contributed by atoms with van der Waals surface area (Å²) in [5.74, 6) is 0.636. The van der Waals surface area contributed by atoms with E-state index in [1.54, 1.807) is 14.2 Å². The first-order chi connectivity index (χ1) is 14.9. The smallest absolute Gasteiger partial charge is 0.316 e. The predicted octanol–water partition coefficient (Wildman–Crippen LogP) is 6.70. The number of amidine groups is 1. The second kappa shape index (κ2) is 10.7. The Labute approximate surface area is 190 Å². The Kier molecular flexibility index (Phi) is 8.05. The highest BCUT2D eigenvalue weighted by Gasteiger charge is 2.17. The number of aliphatic imine (C=N–C) groups is 2. The Bertz CT molecular complexity index is 1000. The molecule has 1 aliphatic rings. The van der Waals surface area contributed by atoms with Crippen LogP contribution in [-0.2, 0) is 22.5 Å². The first-order valence-electron chi connectivity index (χ1n) is 10.7. The predicted molar refractivity (Wildman–Crippen MR) is 130 cm³/mol. The van der Waals surface area contributed by atoms with Crippen molar-refractivity contribution >= 4 is 29.0 Å². The molecule has 0 saturated carbocycles.